The number of likely N-dealkylation sites (tertiary alicyclic amines) is 1. The highest BCUT2D eigenvalue weighted by molar-refractivity contribution is 5.96. The number of fused-ring (bicyclic) bond motifs is 1. The molecule has 100 valence electrons. The van der Waals surface area contributed by atoms with Gasteiger partial charge >= 0.3 is 0 Å². The number of imidazole rings is 1. The van der Waals surface area contributed by atoms with Crippen molar-refractivity contribution in [1.29, 1.82) is 0 Å². The lowest BCUT2D eigenvalue weighted by Gasteiger charge is -2.32. The number of carbonyl (C=O) groups is 1. The van der Waals surface area contributed by atoms with Gasteiger partial charge in [-0.3, -0.25) is 9.64 Å². The molecule has 0 aromatic carbocycles. The van der Waals surface area contributed by atoms with Gasteiger partial charge in [-0.15, -0.1) is 0 Å². The van der Waals surface area contributed by atoms with E-state index in [1.165, 1.54) is 0 Å². The summed E-state index contributed by atoms with van der Waals surface area (Å²) in [6, 6.07) is 0.274. The van der Waals surface area contributed by atoms with Crippen LogP contribution in [0.5, 0.6) is 0 Å². The zero-order chi connectivity index (χ0) is 13.6. The van der Waals surface area contributed by atoms with Gasteiger partial charge < -0.3 is 9.88 Å². The second kappa shape index (κ2) is 4.07. The van der Waals surface area contributed by atoms with Crippen molar-refractivity contribution in [3.05, 3.63) is 23.9 Å². The fourth-order valence-electron chi connectivity index (χ4n) is 3.11. The maximum absolute atomic E-state index is 12.4. The first-order valence-electron chi connectivity index (χ1n) is 6.50. The largest absolute Gasteiger partial charge is 0.316 e. The van der Waals surface area contributed by atoms with Crippen molar-refractivity contribution in [2.45, 2.75) is 39.0 Å². The zero-order valence-electron chi connectivity index (χ0n) is 11.1. The van der Waals surface area contributed by atoms with Crippen molar-refractivity contribution in [3.8, 4) is 0 Å². The van der Waals surface area contributed by atoms with E-state index in [9.17, 15) is 4.79 Å². The molecule has 6 nitrogen and oxygen atoms in total. The van der Waals surface area contributed by atoms with Crippen LogP contribution in [-0.2, 0) is 11.3 Å². The Labute approximate surface area is 112 Å². The Balaban J connectivity index is 1.94. The summed E-state index contributed by atoms with van der Waals surface area (Å²) in [5.74, 6) is 0.773. The molecule has 1 saturated heterocycles. The molecule has 0 radical (unpaired) electrons. The van der Waals surface area contributed by atoms with Crippen LogP contribution in [-0.4, -0.2) is 39.1 Å². The molecule has 0 bridgehead atoms. The second-order valence-corrected chi connectivity index (χ2v) is 5.72. The molecule has 19 heavy (non-hydrogen) atoms. The summed E-state index contributed by atoms with van der Waals surface area (Å²) in [6.07, 6.45) is 3.79. The lowest BCUT2D eigenvalue weighted by atomic mass is 9.84. The maximum atomic E-state index is 12.4. The predicted molar refractivity (Wildman–Crippen MR) is 70.1 cm³/mol. The van der Waals surface area contributed by atoms with Crippen molar-refractivity contribution in [3.63, 3.8) is 0 Å². The number of carbonyl (C=O) groups excluding carboxylic acids is 1. The van der Waals surface area contributed by atoms with E-state index < -0.39 is 5.41 Å². The smallest absolute Gasteiger partial charge is 0.281 e. The summed E-state index contributed by atoms with van der Waals surface area (Å²) in [4.78, 5) is 22.3. The molecular formula is C13H17N5O. The molecule has 1 aromatic heterocycles. The van der Waals surface area contributed by atoms with E-state index in [-0.39, 0.29) is 18.1 Å². The average Bonchev–Trinajstić information content (AvgIpc) is 2.95. The molecule has 1 spiro atoms. The van der Waals surface area contributed by atoms with E-state index in [1.54, 1.807) is 12.5 Å². The molecule has 3 rings (SSSR count). The van der Waals surface area contributed by atoms with E-state index in [1.807, 2.05) is 4.57 Å². The van der Waals surface area contributed by atoms with Gasteiger partial charge in [0.05, 0.1) is 24.4 Å². The second-order valence-electron chi connectivity index (χ2n) is 5.72. The maximum Gasteiger partial charge on any atom is 0.281 e. The van der Waals surface area contributed by atoms with Gasteiger partial charge in [0.15, 0.2) is 0 Å². The van der Waals surface area contributed by atoms with Crippen LogP contribution < -0.4 is 5.32 Å². The number of aromatic nitrogens is 2. The Bertz CT molecular complexity index is 558. The van der Waals surface area contributed by atoms with Gasteiger partial charge in [-0.05, 0) is 13.8 Å². The third-order valence-electron chi connectivity index (χ3n) is 4.16. The predicted octanol–water partition coefficient (Wildman–Crippen LogP) is 1.18. The third kappa shape index (κ3) is 1.73. The van der Waals surface area contributed by atoms with E-state index in [0.29, 0.717) is 19.5 Å². The van der Waals surface area contributed by atoms with Gasteiger partial charge in [0, 0.05) is 19.1 Å². The van der Waals surface area contributed by atoms with Crippen molar-refractivity contribution in [2.75, 3.05) is 11.9 Å². The van der Waals surface area contributed by atoms with Crippen molar-refractivity contribution in [1.82, 2.24) is 14.5 Å². The molecule has 2 atom stereocenters. The first-order valence-corrected chi connectivity index (χ1v) is 6.50. The Hall–Kier alpha value is -1.87. The number of hydrogen-bond donors (Lipinski definition) is 1. The first-order chi connectivity index (χ1) is 9.05. The van der Waals surface area contributed by atoms with E-state index in [0.717, 1.165) is 5.82 Å². The van der Waals surface area contributed by atoms with E-state index in [2.05, 4.69) is 33.9 Å². The van der Waals surface area contributed by atoms with E-state index in [4.69, 9.17) is 6.57 Å². The van der Waals surface area contributed by atoms with Gasteiger partial charge in [-0.1, -0.05) is 0 Å². The van der Waals surface area contributed by atoms with Gasteiger partial charge in [0.1, 0.15) is 5.82 Å². The quantitative estimate of drug-likeness (QED) is 0.771. The van der Waals surface area contributed by atoms with Gasteiger partial charge in [-0.25, -0.2) is 16.5 Å². The first kappa shape index (κ1) is 12.2. The van der Waals surface area contributed by atoms with Crippen LogP contribution in [0.25, 0.3) is 4.85 Å². The monoisotopic (exact) mass is 259 g/mol. The summed E-state index contributed by atoms with van der Waals surface area (Å²) in [7, 11) is 0. The van der Waals surface area contributed by atoms with Crippen LogP contribution >= 0.6 is 0 Å². The molecule has 0 aliphatic carbocycles. The Kier molecular flexibility index (Phi) is 2.61. The summed E-state index contributed by atoms with van der Waals surface area (Å²) in [5, 5.41) is 2.91. The molecule has 6 heteroatoms. The van der Waals surface area contributed by atoms with Crippen LogP contribution in [0.15, 0.2) is 12.5 Å². The Morgan fingerprint density at radius 3 is 3.00 bits per heavy atom. The number of nitrogens with one attached hydrogen (secondary N) is 1. The Morgan fingerprint density at radius 2 is 2.37 bits per heavy atom. The molecule has 2 aliphatic rings. The molecule has 1 fully saturated rings. The molecule has 0 unspecified atom stereocenters. The summed E-state index contributed by atoms with van der Waals surface area (Å²) >= 11 is 0. The lowest BCUT2D eigenvalue weighted by molar-refractivity contribution is -0.126. The molecule has 0 saturated carbocycles. The highest BCUT2D eigenvalue weighted by Gasteiger charge is 2.54. The number of anilines is 1. The molecule has 3 heterocycles. The number of hydrogen-bond acceptors (Lipinski definition) is 3. The highest BCUT2D eigenvalue weighted by atomic mass is 16.2. The fraction of sp³-hybridized carbons (Fsp3) is 0.615. The summed E-state index contributed by atoms with van der Waals surface area (Å²) in [6.45, 7) is 12.7. The summed E-state index contributed by atoms with van der Waals surface area (Å²) < 4.78 is 1.96. The van der Waals surface area contributed by atoms with Gasteiger partial charge in [0.25, 0.3) is 6.17 Å². The topological polar surface area (TPSA) is 54.5 Å². The van der Waals surface area contributed by atoms with Crippen LogP contribution in [0, 0.1) is 12.0 Å². The molecule has 1 N–H and O–H groups in total. The molecule has 1 aromatic rings. The van der Waals surface area contributed by atoms with Crippen LogP contribution in [0.3, 0.4) is 0 Å². The molecule has 1 amide bonds. The SMILES string of the molecule is [C-]#[N+][C@@H]1C[C@]2(CN1C(C)C)Cn1cncc1NC2=O. The number of nitrogens with zero attached hydrogens (tertiary/aromatic N) is 4. The van der Waals surface area contributed by atoms with Gasteiger partial charge in [-0.2, -0.15) is 0 Å². The van der Waals surface area contributed by atoms with Gasteiger partial charge in [0.2, 0.25) is 5.91 Å². The molecule has 2 aliphatic heterocycles. The lowest BCUT2D eigenvalue weighted by Crippen LogP contribution is -2.46. The number of amides is 1. The van der Waals surface area contributed by atoms with Crippen LogP contribution in [0.4, 0.5) is 5.82 Å². The zero-order valence-corrected chi connectivity index (χ0v) is 11.1. The molecular weight excluding hydrogens is 242 g/mol. The minimum atomic E-state index is -0.493. The number of rotatable bonds is 1. The average molecular weight is 259 g/mol. The summed E-state index contributed by atoms with van der Waals surface area (Å²) in [5.41, 5.74) is -0.493. The van der Waals surface area contributed by atoms with E-state index >= 15 is 0 Å². The van der Waals surface area contributed by atoms with Crippen molar-refractivity contribution < 1.29 is 4.79 Å². The van der Waals surface area contributed by atoms with Crippen LogP contribution in [0.1, 0.15) is 20.3 Å². The third-order valence-corrected chi connectivity index (χ3v) is 4.16. The fourth-order valence-corrected chi connectivity index (χ4v) is 3.11. The van der Waals surface area contributed by atoms with Crippen molar-refractivity contribution >= 4 is 11.7 Å². The standard InChI is InChI=1S/C13H17N5O/c1-9(2)18-7-13(4-10(18)14-3)6-17-8-15-5-11(17)16-12(13)19/h5,8-10H,4,6-7H2,1-2H3,(H,16,19)/t10-,13+/m0/s1. The minimum absolute atomic E-state index is 0.0253. The Morgan fingerprint density at radius 1 is 1.58 bits per heavy atom. The normalized spacial score (nSPS) is 30.4. The highest BCUT2D eigenvalue weighted by Crippen LogP contribution is 2.41. The minimum Gasteiger partial charge on any atom is -0.316 e. The van der Waals surface area contributed by atoms with Crippen molar-refractivity contribution in [2.24, 2.45) is 5.41 Å². The van der Waals surface area contributed by atoms with Crippen LogP contribution in [0.2, 0.25) is 0 Å².